The maximum Gasteiger partial charge on any atom is 0.0540 e. The lowest BCUT2D eigenvalue weighted by molar-refractivity contribution is 0.660. The Morgan fingerprint density at radius 3 is 0.776 bits per heavy atom. The summed E-state index contributed by atoms with van der Waals surface area (Å²) in [4.78, 5) is 5.06. The minimum absolute atomic E-state index is 0.126. The first-order valence-corrected chi connectivity index (χ1v) is 47.2. The second kappa shape index (κ2) is 31.9. The molecule has 0 aromatic heterocycles. The zero-order valence-electron chi connectivity index (χ0n) is 76.8. The van der Waals surface area contributed by atoms with Gasteiger partial charge >= 0.3 is 0 Å². The van der Waals surface area contributed by atoms with E-state index in [9.17, 15) is 0 Å². The maximum atomic E-state index is 2.54. The molecule has 0 N–H and O–H groups in total. The van der Waals surface area contributed by atoms with Crippen molar-refractivity contribution in [2.75, 3.05) is 9.80 Å². The quantitative estimate of drug-likeness (QED) is 0.0896. The lowest BCUT2D eigenvalue weighted by Crippen LogP contribution is -2.18. The number of nitrogens with zero attached hydrogens (tertiary/aromatic N) is 2. The molecule has 2 nitrogen and oxygen atoms in total. The summed E-state index contributed by atoms with van der Waals surface area (Å²) < 4.78 is 0. The van der Waals surface area contributed by atoms with Gasteiger partial charge in [0.15, 0.2) is 0 Å². The van der Waals surface area contributed by atoms with Crippen LogP contribution >= 0.6 is 0 Å². The number of fused-ring (bicyclic) bond motifs is 12. The standard InChI is InChI=1S/C132H100N2/c1-129(2)119-46-27-25-45-110(119)111-68-58-97(78-120(111)129)89-56-63-101(64-57-89)133(102-65-72-116-113-70-60-99(80-122(113)131(5,6)124(116)82-102)107-42-23-21-40-105(107)90-34-17-11-18-35-90)128-75-62-96(77-118(128)93-54-50-88(51-55-93)86-32-15-10-16-33-86)94-38-29-39-95(76-94)98-59-69-112-115-73-66-103(83-125(115)130(3,4)121(112)79-98)134(127-47-28-26-44-109(127)92-52-48-87(49-53-92)85-30-13-9-14-31-85)104-67-74-117-114-71-61-100(81-123(114)132(7,8)126(117)84-104)108-43-24-22-41-106(108)91-36-19-12-20-37-91/h9-84H,1-8H3. The van der Waals surface area contributed by atoms with Crippen molar-refractivity contribution in [3.05, 3.63) is 506 Å². The van der Waals surface area contributed by atoms with E-state index in [4.69, 9.17) is 0 Å². The second-order valence-electron chi connectivity index (χ2n) is 39.0. The first-order valence-electron chi connectivity index (χ1n) is 47.2. The van der Waals surface area contributed by atoms with E-state index < -0.39 is 0 Å². The summed E-state index contributed by atoms with van der Waals surface area (Å²) in [6.07, 6.45) is 0. The van der Waals surface area contributed by atoms with Crippen LogP contribution < -0.4 is 9.80 Å². The van der Waals surface area contributed by atoms with Crippen molar-refractivity contribution >= 4 is 34.1 Å². The van der Waals surface area contributed by atoms with Crippen molar-refractivity contribution in [1.29, 1.82) is 0 Å². The predicted octanol–water partition coefficient (Wildman–Crippen LogP) is 36.2. The minimum Gasteiger partial charge on any atom is -0.310 e. The number of anilines is 6. The molecule has 2 heteroatoms. The highest BCUT2D eigenvalue weighted by atomic mass is 15.2. The van der Waals surface area contributed by atoms with Crippen molar-refractivity contribution in [3.63, 3.8) is 0 Å². The molecular weight excluding hydrogens is 1610 g/mol. The Morgan fingerprint density at radius 2 is 0.343 bits per heavy atom. The molecule has 134 heavy (non-hydrogen) atoms. The van der Waals surface area contributed by atoms with Gasteiger partial charge in [-0.15, -0.1) is 0 Å². The van der Waals surface area contributed by atoms with Gasteiger partial charge in [0.1, 0.15) is 0 Å². The largest absolute Gasteiger partial charge is 0.310 e. The van der Waals surface area contributed by atoms with Crippen LogP contribution in [0.15, 0.2) is 461 Å². The Hall–Kier alpha value is -16.0. The number of para-hydroxylation sites is 1. The van der Waals surface area contributed by atoms with E-state index in [1.54, 1.807) is 0 Å². The molecule has 0 unspecified atom stereocenters. The fourth-order valence-electron chi connectivity index (χ4n) is 22.7. The van der Waals surface area contributed by atoms with Crippen molar-refractivity contribution in [1.82, 2.24) is 0 Å². The van der Waals surface area contributed by atoms with E-state index in [-0.39, 0.29) is 21.7 Å². The lowest BCUT2D eigenvalue weighted by atomic mass is 9.81. The Labute approximate surface area is 787 Å². The van der Waals surface area contributed by atoms with E-state index in [1.807, 2.05) is 0 Å². The average molecular weight is 1710 g/mol. The SMILES string of the molecule is CC1(C)c2ccccc2-c2ccc(-c3ccc(N(c4ccc5c(c4)C(C)(C)c4cc(-c6ccccc6-c6ccccc6)ccc4-5)c4ccc(-c5cccc(-c6ccc7c(c6)C(C)(C)c6cc(N(c8ccc9c(c8)C(C)(C)c8cc(-c%10ccccc%10-c%10ccccc%10)ccc8-9)c8ccccc8-c8ccc(-c9ccccc9)cc8)ccc6-7)c5)cc4-c4ccc(-c5ccccc5)cc4)cc3)cc21. The van der Waals surface area contributed by atoms with Gasteiger partial charge in [0.2, 0.25) is 0 Å². The molecule has 24 rings (SSSR count). The molecule has 0 saturated heterocycles. The topological polar surface area (TPSA) is 6.48 Å². The molecule has 0 aliphatic heterocycles. The van der Waals surface area contributed by atoms with Crippen LogP contribution in [-0.2, 0) is 21.7 Å². The van der Waals surface area contributed by atoms with Gasteiger partial charge in [-0.1, -0.05) is 419 Å². The van der Waals surface area contributed by atoms with Crippen LogP contribution in [0.2, 0.25) is 0 Å². The summed E-state index contributed by atoms with van der Waals surface area (Å²) in [6.45, 7) is 19.3. The summed E-state index contributed by atoms with van der Waals surface area (Å²) in [6, 6.07) is 173. The molecule has 20 aromatic rings. The predicted molar refractivity (Wildman–Crippen MR) is 566 cm³/mol. The molecule has 0 fully saturated rings. The first-order chi connectivity index (χ1) is 65.4. The smallest absolute Gasteiger partial charge is 0.0540 e. The van der Waals surface area contributed by atoms with Gasteiger partial charge < -0.3 is 9.80 Å². The third-order valence-electron chi connectivity index (χ3n) is 30.0. The van der Waals surface area contributed by atoms with Crippen LogP contribution in [0.3, 0.4) is 0 Å². The summed E-state index contributed by atoms with van der Waals surface area (Å²) >= 11 is 0. The number of hydrogen-bond acceptors (Lipinski definition) is 2. The highest BCUT2D eigenvalue weighted by molar-refractivity contribution is 5.99. The average Bonchev–Trinajstić information content (AvgIpc) is 1.59. The van der Waals surface area contributed by atoms with Gasteiger partial charge in [0.25, 0.3) is 0 Å². The molecular formula is C132H100N2. The van der Waals surface area contributed by atoms with Crippen LogP contribution in [0.25, 0.3) is 167 Å². The third kappa shape index (κ3) is 13.6. The van der Waals surface area contributed by atoms with Crippen molar-refractivity contribution < 1.29 is 0 Å². The Morgan fingerprint density at radius 1 is 0.119 bits per heavy atom. The highest BCUT2D eigenvalue weighted by Gasteiger charge is 2.42. The molecule has 0 atom stereocenters. The van der Waals surface area contributed by atoms with Gasteiger partial charge in [-0.25, -0.2) is 0 Å². The van der Waals surface area contributed by atoms with Gasteiger partial charge in [-0.3, -0.25) is 0 Å². The number of hydrogen-bond donors (Lipinski definition) is 0. The lowest BCUT2D eigenvalue weighted by Gasteiger charge is -2.31. The third-order valence-corrected chi connectivity index (χ3v) is 30.0. The van der Waals surface area contributed by atoms with Crippen molar-refractivity contribution in [3.8, 4) is 167 Å². The number of rotatable bonds is 17. The van der Waals surface area contributed by atoms with Crippen LogP contribution in [0.5, 0.6) is 0 Å². The van der Waals surface area contributed by atoms with Crippen LogP contribution in [-0.4, -0.2) is 0 Å². The zero-order valence-corrected chi connectivity index (χ0v) is 76.8. The molecule has 4 aliphatic carbocycles. The van der Waals surface area contributed by atoms with Crippen LogP contribution in [0.4, 0.5) is 34.1 Å². The van der Waals surface area contributed by atoms with Gasteiger partial charge in [-0.2, -0.15) is 0 Å². The molecule has 0 heterocycles. The van der Waals surface area contributed by atoms with E-state index in [1.165, 1.54) is 172 Å². The number of benzene rings is 20. The molecule has 0 saturated carbocycles. The maximum absolute atomic E-state index is 2.54. The van der Waals surface area contributed by atoms with E-state index in [0.717, 1.165) is 73.1 Å². The molecule has 0 bridgehead atoms. The van der Waals surface area contributed by atoms with E-state index >= 15 is 0 Å². The Balaban J connectivity index is 0.599. The fraction of sp³-hybridized carbons (Fsp3) is 0.0909. The molecule has 20 aromatic carbocycles. The first kappa shape index (κ1) is 81.2. The van der Waals surface area contributed by atoms with Gasteiger partial charge in [-0.05, 0) is 297 Å². The highest BCUT2D eigenvalue weighted by Crippen LogP contribution is 2.59. The second-order valence-corrected chi connectivity index (χ2v) is 39.0. The Kier molecular flexibility index (Phi) is 19.4. The fourth-order valence-corrected chi connectivity index (χ4v) is 22.7. The minimum atomic E-state index is -0.373. The molecule has 0 amide bonds. The van der Waals surface area contributed by atoms with Crippen molar-refractivity contribution in [2.24, 2.45) is 0 Å². The van der Waals surface area contributed by atoms with Crippen molar-refractivity contribution in [2.45, 2.75) is 77.0 Å². The zero-order chi connectivity index (χ0) is 90.3. The molecule has 4 aliphatic rings. The summed E-state index contributed by atoms with van der Waals surface area (Å²) in [5.41, 5.74) is 52.5. The normalized spacial score (nSPS) is 13.8. The van der Waals surface area contributed by atoms with E-state index in [2.05, 4.69) is 526 Å². The molecule has 0 radical (unpaired) electrons. The van der Waals surface area contributed by atoms with E-state index in [0.29, 0.717) is 0 Å². The van der Waals surface area contributed by atoms with Gasteiger partial charge in [0, 0.05) is 55.5 Å². The molecule has 638 valence electrons. The van der Waals surface area contributed by atoms with Gasteiger partial charge in [0.05, 0.1) is 11.4 Å². The van der Waals surface area contributed by atoms with Crippen LogP contribution in [0, 0.1) is 0 Å². The monoisotopic (exact) mass is 1710 g/mol. The summed E-state index contributed by atoms with van der Waals surface area (Å²) in [5, 5.41) is 0. The molecule has 0 spiro atoms. The van der Waals surface area contributed by atoms with Crippen LogP contribution in [0.1, 0.15) is 99.9 Å². The summed E-state index contributed by atoms with van der Waals surface area (Å²) in [7, 11) is 0. The summed E-state index contributed by atoms with van der Waals surface area (Å²) in [5.74, 6) is 0. The Bertz CT molecular complexity index is 8050.